The third kappa shape index (κ3) is 3.44. The molecule has 0 saturated carbocycles. The smallest absolute Gasteiger partial charge is 0.336 e. The van der Waals surface area contributed by atoms with Gasteiger partial charge in [-0.2, -0.15) is 0 Å². The van der Waals surface area contributed by atoms with Gasteiger partial charge in [0.2, 0.25) is 0 Å². The van der Waals surface area contributed by atoms with Gasteiger partial charge in [0.15, 0.2) is 11.4 Å². The molecule has 1 atom stereocenters. The molecule has 0 bridgehead atoms. The first-order valence-electron chi connectivity index (χ1n) is 9.39. The molecule has 2 aromatic rings. The number of benzene rings is 1. The van der Waals surface area contributed by atoms with E-state index in [9.17, 15) is 14.7 Å². The first kappa shape index (κ1) is 19.4. The molecule has 144 valence electrons. The fourth-order valence-electron chi connectivity index (χ4n) is 3.32. The second-order valence-corrected chi connectivity index (χ2v) is 7.88. The van der Waals surface area contributed by atoms with Gasteiger partial charge in [0, 0.05) is 11.6 Å². The van der Waals surface area contributed by atoms with E-state index in [1.165, 1.54) is 13.0 Å². The topological polar surface area (TPSA) is 76.7 Å². The maximum absolute atomic E-state index is 13.0. The highest BCUT2D eigenvalue weighted by atomic mass is 16.5. The molecule has 0 fully saturated rings. The van der Waals surface area contributed by atoms with E-state index in [0.717, 1.165) is 17.5 Å². The van der Waals surface area contributed by atoms with Crippen molar-refractivity contribution in [1.82, 2.24) is 0 Å². The lowest BCUT2D eigenvalue weighted by molar-refractivity contribution is 0.0391. The lowest BCUT2D eigenvalue weighted by Crippen LogP contribution is -2.35. The maximum atomic E-state index is 13.0. The minimum atomic E-state index is -1.54. The molecule has 2 heterocycles. The molecule has 5 heteroatoms. The standard InChI is InChI=1S/C22H26O5/c1-6-8-13-12-16(23)26-19-15(20(24)22(5,25)7-2)11-14-9-10-21(3,4)27-18(14)17(13)19/h9-12,25H,6-8H2,1-5H3. The monoisotopic (exact) mass is 370 g/mol. The first-order chi connectivity index (χ1) is 12.6. The van der Waals surface area contributed by atoms with Gasteiger partial charge >= 0.3 is 5.63 Å². The number of aliphatic hydroxyl groups is 1. The number of hydrogen-bond acceptors (Lipinski definition) is 5. The predicted molar refractivity (Wildman–Crippen MR) is 105 cm³/mol. The van der Waals surface area contributed by atoms with Gasteiger partial charge in [0.1, 0.15) is 17.0 Å². The van der Waals surface area contributed by atoms with Crippen LogP contribution in [0.5, 0.6) is 5.75 Å². The van der Waals surface area contributed by atoms with Crippen LogP contribution in [0.4, 0.5) is 0 Å². The Bertz CT molecular complexity index is 992. The van der Waals surface area contributed by atoms with Crippen LogP contribution >= 0.6 is 0 Å². The Morgan fingerprint density at radius 1 is 1.26 bits per heavy atom. The molecule has 1 aliphatic heterocycles. The van der Waals surface area contributed by atoms with Crippen molar-refractivity contribution < 1.29 is 19.1 Å². The zero-order valence-electron chi connectivity index (χ0n) is 16.5. The van der Waals surface area contributed by atoms with Crippen molar-refractivity contribution in [3.63, 3.8) is 0 Å². The van der Waals surface area contributed by atoms with Crippen molar-refractivity contribution in [3.05, 3.63) is 45.3 Å². The molecular weight excluding hydrogens is 344 g/mol. The van der Waals surface area contributed by atoms with Crippen LogP contribution in [0.15, 0.2) is 27.4 Å². The maximum Gasteiger partial charge on any atom is 0.336 e. The first-order valence-corrected chi connectivity index (χ1v) is 9.39. The number of carbonyl (C=O) groups is 1. The highest BCUT2D eigenvalue weighted by Crippen LogP contribution is 2.41. The largest absolute Gasteiger partial charge is 0.482 e. The van der Waals surface area contributed by atoms with Gasteiger partial charge in [0.05, 0.1) is 10.9 Å². The molecule has 1 aromatic heterocycles. The Kier molecular flexibility index (Phi) is 4.76. The number of ether oxygens (including phenoxy) is 1. The summed E-state index contributed by atoms with van der Waals surface area (Å²) in [7, 11) is 0. The molecule has 0 saturated heterocycles. The van der Waals surface area contributed by atoms with Gasteiger partial charge in [-0.1, -0.05) is 26.3 Å². The van der Waals surface area contributed by atoms with Crippen LogP contribution in [0.1, 0.15) is 68.9 Å². The highest BCUT2D eigenvalue weighted by molar-refractivity contribution is 6.12. The van der Waals surface area contributed by atoms with Crippen LogP contribution in [0, 0.1) is 0 Å². The van der Waals surface area contributed by atoms with E-state index in [4.69, 9.17) is 9.15 Å². The number of Topliss-reactive ketones (excluding diaryl/α,β-unsaturated/α-hetero) is 1. The summed E-state index contributed by atoms with van der Waals surface area (Å²) in [6, 6.07) is 3.11. The molecule has 0 amide bonds. The zero-order valence-corrected chi connectivity index (χ0v) is 16.5. The average molecular weight is 370 g/mol. The van der Waals surface area contributed by atoms with Crippen molar-refractivity contribution in [2.24, 2.45) is 0 Å². The predicted octanol–water partition coefficient (Wildman–Crippen LogP) is 4.27. The molecule has 5 nitrogen and oxygen atoms in total. The molecule has 0 aliphatic carbocycles. The molecule has 3 rings (SSSR count). The summed E-state index contributed by atoms with van der Waals surface area (Å²) in [6.45, 7) is 9.12. The highest BCUT2D eigenvalue weighted by Gasteiger charge is 2.34. The lowest BCUT2D eigenvalue weighted by atomic mass is 9.88. The van der Waals surface area contributed by atoms with Crippen LogP contribution in [0.25, 0.3) is 17.0 Å². The summed E-state index contributed by atoms with van der Waals surface area (Å²) in [5, 5.41) is 11.2. The van der Waals surface area contributed by atoms with E-state index in [1.54, 1.807) is 13.0 Å². The number of rotatable bonds is 5. The molecule has 0 spiro atoms. The van der Waals surface area contributed by atoms with Crippen LogP contribution in [-0.2, 0) is 6.42 Å². The van der Waals surface area contributed by atoms with Crippen molar-refractivity contribution in [1.29, 1.82) is 0 Å². The van der Waals surface area contributed by atoms with E-state index >= 15 is 0 Å². The van der Waals surface area contributed by atoms with E-state index in [-0.39, 0.29) is 17.6 Å². The summed E-state index contributed by atoms with van der Waals surface area (Å²) >= 11 is 0. The molecule has 1 aliphatic rings. The van der Waals surface area contributed by atoms with Crippen LogP contribution in [0.2, 0.25) is 0 Å². The van der Waals surface area contributed by atoms with Crippen molar-refractivity contribution in [2.45, 2.75) is 65.1 Å². The Morgan fingerprint density at radius 3 is 2.59 bits per heavy atom. The summed E-state index contributed by atoms with van der Waals surface area (Å²) in [6.07, 6.45) is 5.58. The third-order valence-corrected chi connectivity index (χ3v) is 5.05. The van der Waals surface area contributed by atoms with Crippen LogP contribution < -0.4 is 10.4 Å². The Balaban J connectivity index is 2.43. The molecule has 0 radical (unpaired) electrons. The van der Waals surface area contributed by atoms with Crippen molar-refractivity contribution >= 4 is 22.8 Å². The van der Waals surface area contributed by atoms with E-state index < -0.39 is 22.6 Å². The second-order valence-electron chi connectivity index (χ2n) is 7.88. The number of fused-ring (bicyclic) bond motifs is 3. The van der Waals surface area contributed by atoms with Crippen molar-refractivity contribution in [2.75, 3.05) is 0 Å². The van der Waals surface area contributed by atoms with Gasteiger partial charge in [0.25, 0.3) is 0 Å². The average Bonchev–Trinajstić information content (AvgIpc) is 2.59. The van der Waals surface area contributed by atoms with Gasteiger partial charge in [-0.15, -0.1) is 0 Å². The molecule has 27 heavy (non-hydrogen) atoms. The summed E-state index contributed by atoms with van der Waals surface area (Å²) in [5.41, 5.74) is -0.645. The van der Waals surface area contributed by atoms with E-state index in [1.807, 2.05) is 32.9 Å². The lowest BCUT2D eigenvalue weighted by Gasteiger charge is -2.30. The zero-order chi connectivity index (χ0) is 20.0. The van der Waals surface area contributed by atoms with Gasteiger partial charge in [-0.3, -0.25) is 4.79 Å². The normalized spacial score (nSPS) is 17.3. The second kappa shape index (κ2) is 6.64. The number of carbonyl (C=O) groups excluding carboxylic acids is 1. The SMILES string of the molecule is CCCc1cc(=O)oc2c(C(=O)C(C)(O)CC)cc3c(c12)OC(C)(C)C=C3. The fourth-order valence-corrected chi connectivity index (χ4v) is 3.32. The van der Waals surface area contributed by atoms with Gasteiger partial charge in [-0.25, -0.2) is 4.79 Å². The molecular formula is C22H26O5. The number of hydrogen-bond donors (Lipinski definition) is 1. The van der Waals surface area contributed by atoms with E-state index in [2.05, 4.69) is 0 Å². The Labute approximate surface area is 158 Å². The minimum Gasteiger partial charge on any atom is -0.482 e. The number of aryl methyl sites for hydroxylation is 1. The summed E-state index contributed by atoms with van der Waals surface area (Å²) < 4.78 is 11.7. The van der Waals surface area contributed by atoms with Crippen LogP contribution in [0.3, 0.4) is 0 Å². The number of ketones is 1. The quantitative estimate of drug-likeness (QED) is 0.628. The Morgan fingerprint density at radius 2 is 1.96 bits per heavy atom. The van der Waals surface area contributed by atoms with Gasteiger partial charge < -0.3 is 14.3 Å². The minimum absolute atomic E-state index is 0.189. The summed E-state index contributed by atoms with van der Waals surface area (Å²) in [4.78, 5) is 25.2. The van der Waals surface area contributed by atoms with Gasteiger partial charge in [-0.05, 0) is 51.3 Å². The van der Waals surface area contributed by atoms with Crippen molar-refractivity contribution in [3.8, 4) is 5.75 Å². The molecule has 1 aromatic carbocycles. The van der Waals surface area contributed by atoms with E-state index in [0.29, 0.717) is 17.6 Å². The molecule has 1 N–H and O–H groups in total. The van der Waals surface area contributed by atoms with Crippen LogP contribution in [-0.4, -0.2) is 22.1 Å². The third-order valence-electron chi connectivity index (χ3n) is 5.05. The molecule has 1 unspecified atom stereocenters. The fraction of sp³-hybridized carbons (Fsp3) is 0.455. The Hall–Kier alpha value is -2.40. The summed E-state index contributed by atoms with van der Waals surface area (Å²) in [5.74, 6) is 0.144.